The van der Waals surface area contributed by atoms with Gasteiger partial charge in [0.2, 0.25) is 17.7 Å². The second-order valence-corrected chi connectivity index (χ2v) is 8.06. The van der Waals surface area contributed by atoms with E-state index in [1.54, 1.807) is 0 Å². The summed E-state index contributed by atoms with van der Waals surface area (Å²) in [4.78, 5) is 67.5. The quantitative estimate of drug-likeness (QED) is 0.123. The maximum atomic E-state index is 13.1. The summed E-state index contributed by atoms with van der Waals surface area (Å²) in [5, 5.41) is 44.1. The number of H-pyrrole nitrogens is 1. The molecule has 4 unspecified atom stereocenters. The van der Waals surface area contributed by atoms with Crippen LogP contribution in [0, 0.1) is 0 Å². The zero-order valence-electron chi connectivity index (χ0n) is 19.5. The highest BCUT2D eigenvalue weighted by molar-refractivity contribution is 5.95. The van der Waals surface area contributed by atoms with E-state index in [1.165, 1.54) is 36.8 Å². The van der Waals surface area contributed by atoms with Crippen LogP contribution in [0.2, 0.25) is 0 Å². The van der Waals surface area contributed by atoms with Crippen LogP contribution in [0.4, 0.5) is 0 Å². The van der Waals surface area contributed by atoms with E-state index < -0.39 is 66.9 Å². The van der Waals surface area contributed by atoms with Crippen LogP contribution >= 0.6 is 0 Å². The third kappa shape index (κ3) is 9.23. The number of amides is 3. The molecule has 0 bridgehead atoms. The Morgan fingerprint density at radius 1 is 0.892 bits per heavy atom. The number of nitrogens with one attached hydrogen (secondary N) is 4. The van der Waals surface area contributed by atoms with Crippen LogP contribution in [0.1, 0.15) is 17.7 Å². The zero-order chi connectivity index (χ0) is 27.5. The number of imidazole rings is 1. The number of aromatic nitrogens is 2. The number of aromatic amines is 1. The molecule has 10 N–H and O–H groups in total. The van der Waals surface area contributed by atoms with Crippen LogP contribution in [0.5, 0.6) is 5.75 Å². The van der Waals surface area contributed by atoms with Crippen molar-refractivity contribution in [2.24, 2.45) is 5.73 Å². The minimum Gasteiger partial charge on any atom is -0.508 e. The number of rotatable bonds is 14. The molecule has 1 heterocycles. The molecule has 0 fully saturated rings. The average Bonchev–Trinajstić information content (AvgIpc) is 3.36. The lowest BCUT2D eigenvalue weighted by Crippen LogP contribution is -2.58. The summed E-state index contributed by atoms with van der Waals surface area (Å²) in [6, 6.07) is -0.234. The van der Waals surface area contributed by atoms with Crippen LogP contribution in [-0.4, -0.2) is 90.8 Å². The van der Waals surface area contributed by atoms with Crippen molar-refractivity contribution in [3.05, 3.63) is 48.0 Å². The van der Waals surface area contributed by atoms with E-state index in [-0.39, 0.29) is 18.6 Å². The van der Waals surface area contributed by atoms with Gasteiger partial charge in [0.05, 0.1) is 19.4 Å². The summed E-state index contributed by atoms with van der Waals surface area (Å²) in [6.07, 6.45) is 1.45. The second-order valence-electron chi connectivity index (χ2n) is 8.06. The number of carboxylic acid groups (broad SMARTS) is 2. The number of aliphatic hydroxyl groups is 1. The van der Waals surface area contributed by atoms with Gasteiger partial charge in [0.1, 0.15) is 29.9 Å². The fraction of sp³-hybridized carbons (Fsp3) is 0.364. The molecule has 4 atom stereocenters. The molecule has 15 heteroatoms. The second kappa shape index (κ2) is 13.6. The molecular weight excluding hydrogens is 492 g/mol. The minimum atomic E-state index is -1.70. The van der Waals surface area contributed by atoms with Crippen LogP contribution in [0.3, 0.4) is 0 Å². The van der Waals surface area contributed by atoms with Crippen molar-refractivity contribution in [2.75, 3.05) is 6.61 Å². The summed E-state index contributed by atoms with van der Waals surface area (Å²) in [7, 11) is 0. The normalized spacial score (nSPS) is 14.0. The lowest BCUT2D eigenvalue weighted by atomic mass is 10.0. The Labute approximate surface area is 210 Å². The molecular formula is C22H28N6O9. The average molecular weight is 520 g/mol. The van der Waals surface area contributed by atoms with Crippen LogP contribution in [0.25, 0.3) is 0 Å². The summed E-state index contributed by atoms with van der Waals surface area (Å²) in [5.41, 5.74) is 6.38. The highest BCUT2D eigenvalue weighted by Crippen LogP contribution is 2.12. The molecule has 0 aliphatic heterocycles. The zero-order valence-corrected chi connectivity index (χ0v) is 19.5. The van der Waals surface area contributed by atoms with E-state index in [4.69, 9.17) is 10.8 Å². The van der Waals surface area contributed by atoms with Gasteiger partial charge in [-0.1, -0.05) is 12.1 Å². The molecule has 1 aromatic heterocycles. The Kier molecular flexibility index (Phi) is 10.5. The monoisotopic (exact) mass is 520 g/mol. The maximum absolute atomic E-state index is 13.1. The number of phenolic OH excluding ortho intramolecular Hbond substituents is 1. The molecule has 0 saturated carbocycles. The summed E-state index contributed by atoms with van der Waals surface area (Å²) >= 11 is 0. The van der Waals surface area contributed by atoms with Crippen LogP contribution in [0.15, 0.2) is 36.8 Å². The van der Waals surface area contributed by atoms with Gasteiger partial charge >= 0.3 is 11.9 Å². The van der Waals surface area contributed by atoms with Crippen molar-refractivity contribution in [2.45, 2.75) is 43.4 Å². The number of hydrogen-bond donors (Lipinski definition) is 9. The van der Waals surface area contributed by atoms with E-state index in [1.807, 2.05) is 0 Å². The lowest BCUT2D eigenvalue weighted by Gasteiger charge is -2.24. The number of carbonyl (C=O) groups is 5. The van der Waals surface area contributed by atoms with Gasteiger partial charge in [-0.3, -0.25) is 19.2 Å². The van der Waals surface area contributed by atoms with E-state index in [2.05, 4.69) is 25.9 Å². The Morgan fingerprint density at radius 3 is 2.03 bits per heavy atom. The predicted octanol–water partition coefficient (Wildman–Crippen LogP) is -2.77. The van der Waals surface area contributed by atoms with Crippen molar-refractivity contribution in [3.63, 3.8) is 0 Å². The number of nitrogens with two attached hydrogens (primary N) is 1. The molecule has 0 aliphatic carbocycles. The molecule has 0 spiro atoms. The number of hydrogen-bond acceptors (Lipinski definition) is 9. The third-order valence-corrected chi connectivity index (χ3v) is 5.15. The molecule has 3 amide bonds. The fourth-order valence-electron chi connectivity index (χ4n) is 3.18. The Morgan fingerprint density at radius 2 is 1.49 bits per heavy atom. The Balaban J connectivity index is 2.21. The predicted molar refractivity (Wildman–Crippen MR) is 125 cm³/mol. The molecule has 37 heavy (non-hydrogen) atoms. The first-order valence-electron chi connectivity index (χ1n) is 11.0. The molecule has 1 aromatic carbocycles. The first-order chi connectivity index (χ1) is 17.5. The third-order valence-electron chi connectivity index (χ3n) is 5.15. The largest absolute Gasteiger partial charge is 0.508 e. The summed E-state index contributed by atoms with van der Waals surface area (Å²) in [6.45, 7) is -0.712. The van der Waals surface area contributed by atoms with Crippen molar-refractivity contribution < 1.29 is 44.4 Å². The molecule has 2 rings (SSSR count). The fourth-order valence-corrected chi connectivity index (χ4v) is 3.18. The number of benzene rings is 1. The number of phenols is 1. The first-order valence-corrected chi connectivity index (χ1v) is 11.0. The summed E-state index contributed by atoms with van der Waals surface area (Å²) < 4.78 is 0. The summed E-state index contributed by atoms with van der Waals surface area (Å²) in [5.74, 6) is -5.83. The van der Waals surface area contributed by atoms with Crippen LogP contribution in [-0.2, 0) is 36.8 Å². The molecule has 15 nitrogen and oxygen atoms in total. The van der Waals surface area contributed by atoms with Gasteiger partial charge in [-0.05, 0) is 17.7 Å². The SMILES string of the molecule is NC(CO)C(=O)NC(Cc1ccc(O)cc1)C(=O)NC(CC(=O)O)C(=O)NC(Cc1cnc[nH]1)C(=O)O. The van der Waals surface area contributed by atoms with Gasteiger partial charge in [0, 0.05) is 24.7 Å². The van der Waals surface area contributed by atoms with Gasteiger partial charge in [-0.2, -0.15) is 0 Å². The first kappa shape index (κ1) is 28.7. The van der Waals surface area contributed by atoms with Gasteiger partial charge < -0.3 is 47.1 Å². The van der Waals surface area contributed by atoms with Crippen LogP contribution < -0.4 is 21.7 Å². The van der Waals surface area contributed by atoms with Crippen molar-refractivity contribution >= 4 is 29.7 Å². The lowest BCUT2D eigenvalue weighted by molar-refractivity contribution is -0.143. The standard InChI is InChI=1S/C22H28N6O9/c23-14(9-29)19(33)26-15(5-11-1-3-13(30)4-2-11)20(34)27-16(7-18(31)32)21(35)28-17(22(36)37)6-12-8-24-10-25-12/h1-4,8,10,14-17,29-30H,5-7,9,23H2,(H,24,25)(H,26,33)(H,27,34)(H,28,35)(H,31,32)(H,36,37). The number of nitrogens with zero attached hydrogens (tertiary/aromatic N) is 1. The topological polar surface area (TPSA) is 257 Å². The maximum Gasteiger partial charge on any atom is 0.326 e. The Bertz CT molecular complexity index is 1090. The number of carboxylic acids is 2. The van der Waals surface area contributed by atoms with E-state index >= 15 is 0 Å². The smallest absolute Gasteiger partial charge is 0.326 e. The Hall–Kier alpha value is -4.50. The number of carbonyl (C=O) groups excluding carboxylic acids is 3. The van der Waals surface area contributed by atoms with Gasteiger partial charge in [-0.15, -0.1) is 0 Å². The number of aliphatic carboxylic acids is 2. The highest BCUT2D eigenvalue weighted by Gasteiger charge is 2.32. The number of aromatic hydroxyl groups is 1. The van der Waals surface area contributed by atoms with E-state index in [0.717, 1.165) is 0 Å². The van der Waals surface area contributed by atoms with E-state index in [0.29, 0.717) is 11.3 Å². The molecule has 0 saturated heterocycles. The van der Waals surface area contributed by atoms with Gasteiger partial charge in [0.15, 0.2) is 0 Å². The van der Waals surface area contributed by atoms with Crippen molar-refractivity contribution in [1.82, 2.24) is 25.9 Å². The molecule has 0 aliphatic rings. The van der Waals surface area contributed by atoms with Gasteiger partial charge in [-0.25, -0.2) is 9.78 Å². The van der Waals surface area contributed by atoms with Crippen molar-refractivity contribution in [3.8, 4) is 5.75 Å². The minimum absolute atomic E-state index is 0.0441. The molecule has 0 radical (unpaired) electrons. The highest BCUT2D eigenvalue weighted by atomic mass is 16.4. The van der Waals surface area contributed by atoms with Gasteiger partial charge in [0.25, 0.3) is 0 Å². The van der Waals surface area contributed by atoms with Crippen molar-refractivity contribution in [1.29, 1.82) is 0 Å². The number of aliphatic hydroxyl groups excluding tert-OH is 1. The molecule has 2 aromatic rings. The van der Waals surface area contributed by atoms with E-state index in [9.17, 15) is 39.3 Å². The molecule has 200 valence electrons.